The van der Waals surface area contributed by atoms with E-state index >= 15 is 0 Å². The van der Waals surface area contributed by atoms with Crippen LogP contribution < -0.4 is 0 Å². The Bertz CT molecular complexity index is 460. The largest absolute Gasteiger partial charge is 0.392 e. The molecule has 1 fully saturated rings. The fourth-order valence-corrected chi connectivity index (χ4v) is 3.18. The van der Waals surface area contributed by atoms with Crippen molar-refractivity contribution in [3.8, 4) is 6.07 Å². The Morgan fingerprint density at radius 1 is 1.40 bits per heavy atom. The molecule has 20 heavy (non-hydrogen) atoms. The first-order chi connectivity index (χ1) is 9.67. The van der Waals surface area contributed by atoms with Crippen molar-refractivity contribution in [2.75, 3.05) is 13.6 Å². The molecular formula is C17H24N2O. The topological polar surface area (TPSA) is 47.3 Å². The molecule has 0 heterocycles. The van der Waals surface area contributed by atoms with E-state index in [0.717, 1.165) is 24.4 Å². The normalized spacial score (nSPS) is 17.3. The van der Waals surface area contributed by atoms with Crippen molar-refractivity contribution >= 4 is 0 Å². The molecule has 1 aliphatic rings. The van der Waals surface area contributed by atoms with Gasteiger partial charge in [0, 0.05) is 13.1 Å². The molecule has 1 aliphatic carbocycles. The average molecular weight is 272 g/mol. The zero-order chi connectivity index (χ0) is 14.4. The molecule has 1 aromatic carbocycles. The molecule has 0 spiro atoms. The molecule has 1 N–H and O–H groups in total. The minimum atomic E-state index is -0.234. The molecule has 0 amide bonds. The lowest BCUT2D eigenvalue weighted by molar-refractivity contribution is 0.0994. The molecule has 0 radical (unpaired) electrons. The molecule has 3 heteroatoms. The van der Waals surface area contributed by atoms with Gasteiger partial charge in [-0.15, -0.1) is 0 Å². The Hall–Kier alpha value is -1.37. The zero-order valence-corrected chi connectivity index (χ0v) is 12.3. The second-order valence-electron chi connectivity index (χ2n) is 6.05. The van der Waals surface area contributed by atoms with Crippen molar-refractivity contribution in [1.29, 1.82) is 5.26 Å². The number of aliphatic hydroxyl groups excluding tert-OH is 1. The van der Waals surface area contributed by atoms with Crippen molar-refractivity contribution in [2.24, 2.45) is 5.92 Å². The van der Waals surface area contributed by atoms with Crippen LogP contribution in [0.2, 0.25) is 0 Å². The number of benzene rings is 1. The van der Waals surface area contributed by atoms with Crippen LogP contribution >= 0.6 is 0 Å². The summed E-state index contributed by atoms with van der Waals surface area (Å²) in [6.07, 6.45) is 5.92. The third-order valence-corrected chi connectivity index (χ3v) is 4.11. The number of rotatable bonds is 6. The highest BCUT2D eigenvalue weighted by Gasteiger charge is 2.19. The van der Waals surface area contributed by atoms with Gasteiger partial charge in [-0.25, -0.2) is 0 Å². The molecule has 0 saturated heterocycles. The van der Waals surface area contributed by atoms with Crippen molar-refractivity contribution in [3.63, 3.8) is 0 Å². The highest BCUT2D eigenvalue weighted by molar-refractivity contribution is 5.32. The maximum atomic E-state index is 10.2. The second kappa shape index (κ2) is 7.42. The van der Waals surface area contributed by atoms with Crippen LogP contribution in [0.5, 0.6) is 0 Å². The highest BCUT2D eigenvalue weighted by atomic mass is 16.3. The number of hydrogen-bond donors (Lipinski definition) is 1. The van der Waals surface area contributed by atoms with Gasteiger partial charge in [-0.1, -0.05) is 37.8 Å². The van der Waals surface area contributed by atoms with Gasteiger partial charge >= 0.3 is 0 Å². The van der Waals surface area contributed by atoms with Gasteiger partial charge in [-0.3, -0.25) is 4.90 Å². The monoisotopic (exact) mass is 272 g/mol. The van der Waals surface area contributed by atoms with Crippen LogP contribution in [0, 0.1) is 17.2 Å². The van der Waals surface area contributed by atoms with Crippen LogP contribution in [0.3, 0.4) is 0 Å². The van der Waals surface area contributed by atoms with Crippen molar-refractivity contribution in [2.45, 2.75) is 44.8 Å². The fraction of sp³-hybridized carbons (Fsp3) is 0.588. The SMILES string of the molecule is CN(Cc1cccc(C#N)c1)CC(O)CC1CCCC1. The summed E-state index contributed by atoms with van der Waals surface area (Å²) in [5.41, 5.74) is 1.82. The molecule has 0 bridgehead atoms. The van der Waals surface area contributed by atoms with E-state index in [1.54, 1.807) is 0 Å². The number of nitrogens with zero attached hydrogens (tertiary/aromatic N) is 2. The fourth-order valence-electron chi connectivity index (χ4n) is 3.18. The minimum Gasteiger partial charge on any atom is -0.392 e. The summed E-state index contributed by atoms with van der Waals surface area (Å²) in [7, 11) is 2.02. The second-order valence-corrected chi connectivity index (χ2v) is 6.05. The zero-order valence-electron chi connectivity index (χ0n) is 12.3. The van der Waals surface area contributed by atoms with Gasteiger partial charge in [0.1, 0.15) is 0 Å². The Morgan fingerprint density at radius 3 is 2.85 bits per heavy atom. The Balaban J connectivity index is 1.79. The first-order valence-electron chi connectivity index (χ1n) is 7.53. The molecule has 2 rings (SSSR count). The molecule has 3 nitrogen and oxygen atoms in total. The molecule has 1 unspecified atom stereocenters. The first-order valence-corrected chi connectivity index (χ1v) is 7.53. The lowest BCUT2D eigenvalue weighted by Gasteiger charge is -2.22. The molecule has 108 valence electrons. The van der Waals surface area contributed by atoms with Gasteiger partial charge in [-0.05, 0) is 37.1 Å². The summed E-state index contributed by atoms with van der Waals surface area (Å²) in [4.78, 5) is 2.14. The quantitative estimate of drug-likeness (QED) is 0.866. The molecule has 1 atom stereocenters. The predicted octanol–water partition coefficient (Wildman–Crippen LogP) is 2.93. The van der Waals surface area contributed by atoms with Crippen LogP contribution in [0.1, 0.15) is 43.2 Å². The van der Waals surface area contributed by atoms with E-state index in [1.165, 1.54) is 25.7 Å². The van der Waals surface area contributed by atoms with E-state index in [-0.39, 0.29) is 6.10 Å². The van der Waals surface area contributed by atoms with E-state index in [9.17, 15) is 5.11 Å². The average Bonchev–Trinajstić information content (AvgIpc) is 2.91. The van der Waals surface area contributed by atoms with E-state index in [4.69, 9.17) is 5.26 Å². The van der Waals surface area contributed by atoms with Crippen LogP contribution in [0.15, 0.2) is 24.3 Å². The Labute approximate surface area is 121 Å². The minimum absolute atomic E-state index is 0.234. The lowest BCUT2D eigenvalue weighted by atomic mass is 10.00. The van der Waals surface area contributed by atoms with Gasteiger partial charge in [-0.2, -0.15) is 5.26 Å². The number of hydrogen-bond acceptors (Lipinski definition) is 3. The summed E-state index contributed by atoms with van der Waals surface area (Å²) in [6, 6.07) is 9.84. The van der Waals surface area contributed by atoms with E-state index in [1.807, 2.05) is 31.3 Å². The van der Waals surface area contributed by atoms with Gasteiger partial charge in [0.2, 0.25) is 0 Å². The van der Waals surface area contributed by atoms with Gasteiger partial charge < -0.3 is 5.11 Å². The van der Waals surface area contributed by atoms with Gasteiger partial charge in [0.05, 0.1) is 17.7 Å². The van der Waals surface area contributed by atoms with Crippen molar-refractivity contribution < 1.29 is 5.11 Å². The molecular weight excluding hydrogens is 248 g/mol. The van der Waals surface area contributed by atoms with Crippen molar-refractivity contribution in [3.05, 3.63) is 35.4 Å². The standard InChI is InChI=1S/C17H24N2O/c1-19(12-16-8-4-7-15(9-16)11-18)13-17(20)10-14-5-2-3-6-14/h4,7-9,14,17,20H,2-3,5-6,10,12-13H2,1H3. The lowest BCUT2D eigenvalue weighted by Crippen LogP contribution is -2.30. The maximum absolute atomic E-state index is 10.2. The summed E-state index contributed by atoms with van der Waals surface area (Å²) in [5.74, 6) is 0.723. The highest BCUT2D eigenvalue weighted by Crippen LogP contribution is 2.28. The van der Waals surface area contributed by atoms with E-state index in [2.05, 4.69) is 11.0 Å². The molecule has 1 saturated carbocycles. The predicted molar refractivity (Wildman–Crippen MR) is 80.1 cm³/mol. The number of likely N-dealkylation sites (N-methyl/N-ethyl adjacent to an activating group) is 1. The van der Waals surface area contributed by atoms with Gasteiger partial charge in [0.25, 0.3) is 0 Å². The van der Waals surface area contributed by atoms with E-state index in [0.29, 0.717) is 12.1 Å². The summed E-state index contributed by atoms with van der Waals surface area (Å²) in [6.45, 7) is 1.48. The van der Waals surface area contributed by atoms with Crippen molar-refractivity contribution in [1.82, 2.24) is 4.90 Å². The Kier molecular flexibility index (Phi) is 5.58. The van der Waals surface area contributed by atoms with Gasteiger partial charge in [0.15, 0.2) is 0 Å². The summed E-state index contributed by atoms with van der Waals surface area (Å²) >= 11 is 0. The first kappa shape index (κ1) is 15.0. The summed E-state index contributed by atoms with van der Waals surface area (Å²) < 4.78 is 0. The molecule has 1 aromatic rings. The van der Waals surface area contributed by atoms with Crippen LogP contribution in [-0.4, -0.2) is 29.7 Å². The van der Waals surface area contributed by atoms with Crippen LogP contribution in [0.4, 0.5) is 0 Å². The Morgan fingerprint density at radius 2 is 2.15 bits per heavy atom. The third-order valence-electron chi connectivity index (χ3n) is 4.11. The molecule has 0 aliphatic heterocycles. The third kappa shape index (κ3) is 4.63. The van der Waals surface area contributed by atoms with Crippen LogP contribution in [-0.2, 0) is 6.54 Å². The number of nitriles is 1. The summed E-state index contributed by atoms with van der Waals surface area (Å²) in [5, 5.41) is 19.1. The molecule has 0 aromatic heterocycles. The van der Waals surface area contributed by atoms with Crippen LogP contribution in [0.25, 0.3) is 0 Å². The number of aliphatic hydroxyl groups is 1. The van der Waals surface area contributed by atoms with E-state index < -0.39 is 0 Å². The smallest absolute Gasteiger partial charge is 0.0991 e. The maximum Gasteiger partial charge on any atom is 0.0991 e.